The second-order valence-electron chi connectivity index (χ2n) is 5.64. The lowest BCUT2D eigenvalue weighted by molar-refractivity contribution is 0.0856. The number of hydrogen-bond donors (Lipinski definition) is 2. The maximum Gasteiger partial charge on any atom is 0.255 e. The SMILES string of the molecule is Cc1oc(C)c(C(=O)NC2c3ccccc3CC2O)c1C. The monoisotopic (exact) mass is 285 g/mol. The maximum atomic E-state index is 12.5. The van der Waals surface area contributed by atoms with Gasteiger partial charge in [0.25, 0.3) is 5.91 Å². The molecule has 0 spiro atoms. The molecule has 0 saturated heterocycles. The van der Waals surface area contributed by atoms with E-state index < -0.39 is 6.10 Å². The van der Waals surface area contributed by atoms with Gasteiger partial charge in [0, 0.05) is 12.0 Å². The molecule has 21 heavy (non-hydrogen) atoms. The van der Waals surface area contributed by atoms with Gasteiger partial charge in [0.05, 0.1) is 17.7 Å². The lowest BCUT2D eigenvalue weighted by Crippen LogP contribution is -2.34. The number of hydrogen-bond acceptors (Lipinski definition) is 3. The van der Waals surface area contributed by atoms with E-state index in [1.54, 1.807) is 6.92 Å². The normalized spacial score (nSPS) is 20.4. The molecule has 0 bridgehead atoms. The van der Waals surface area contributed by atoms with Crippen molar-refractivity contribution in [3.8, 4) is 0 Å². The largest absolute Gasteiger partial charge is 0.466 e. The Morgan fingerprint density at radius 3 is 2.62 bits per heavy atom. The molecule has 3 rings (SSSR count). The van der Waals surface area contributed by atoms with Gasteiger partial charge in [0.1, 0.15) is 11.5 Å². The minimum Gasteiger partial charge on any atom is -0.466 e. The summed E-state index contributed by atoms with van der Waals surface area (Å²) >= 11 is 0. The first-order chi connectivity index (χ1) is 9.99. The van der Waals surface area contributed by atoms with Crippen molar-refractivity contribution in [1.29, 1.82) is 0 Å². The molecule has 110 valence electrons. The maximum absolute atomic E-state index is 12.5. The van der Waals surface area contributed by atoms with Crippen molar-refractivity contribution in [2.45, 2.75) is 39.3 Å². The Bertz CT molecular complexity index is 702. The van der Waals surface area contributed by atoms with Crippen molar-refractivity contribution in [2.24, 2.45) is 0 Å². The zero-order chi connectivity index (χ0) is 15.1. The van der Waals surface area contributed by atoms with E-state index >= 15 is 0 Å². The van der Waals surface area contributed by atoms with Crippen molar-refractivity contribution in [1.82, 2.24) is 5.32 Å². The number of aryl methyl sites for hydroxylation is 2. The fraction of sp³-hybridized carbons (Fsp3) is 0.353. The molecule has 1 heterocycles. The van der Waals surface area contributed by atoms with Gasteiger partial charge in [0.15, 0.2) is 0 Å². The predicted octanol–water partition coefficient (Wildman–Crippen LogP) is 2.59. The molecule has 2 unspecified atom stereocenters. The average Bonchev–Trinajstić information content (AvgIpc) is 2.88. The summed E-state index contributed by atoms with van der Waals surface area (Å²) in [7, 11) is 0. The number of aliphatic hydroxyl groups excluding tert-OH is 1. The molecule has 1 aliphatic rings. The first kappa shape index (κ1) is 13.9. The lowest BCUT2D eigenvalue weighted by Gasteiger charge is -2.18. The number of fused-ring (bicyclic) bond motifs is 1. The Labute approximate surface area is 123 Å². The van der Waals surface area contributed by atoms with Gasteiger partial charge < -0.3 is 14.8 Å². The second-order valence-corrected chi connectivity index (χ2v) is 5.64. The summed E-state index contributed by atoms with van der Waals surface area (Å²) < 4.78 is 5.50. The molecule has 2 aromatic rings. The van der Waals surface area contributed by atoms with Crippen LogP contribution in [-0.4, -0.2) is 17.1 Å². The smallest absolute Gasteiger partial charge is 0.255 e. The lowest BCUT2D eigenvalue weighted by atomic mass is 10.1. The highest BCUT2D eigenvalue weighted by Gasteiger charge is 2.33. The molecule has 0 fully saturated rings. The van der Waals surface area contributed by atoms with Crippen molar-refractivity contribution in [2.75, 3.05) is 0 Å². The first-order valence-corrected chi connectivity index (χ1v) is 7.12. The summed E-state index contributed by atoms with van der Waals surface area (Å²) in [6, 6.07) is 7.46. The summed E-state index contributed by atoms with van der Waals surface area (Å²) in [5.41, 5.74) is 3.51. The Kier molecular flexibility index (Phi) is 3.33. The van der Waals surface area contributed by atoms with E-state index in [0.29, 0.717) is 17.7 Å². The second kappa shape index (κ2) is 5.04. The van der Waals surface area contributed by atoms with Crippen molar-refractivity contribution >= 4 is 5.91 Å². The molecular weight excluding hydrogens is 266 g/mol. The van der Waals surface area contributed by atoms with Gasteiger partial charge in [-0.15, -0.1) is 0 Å². The van der Waals surface area contributed by atoms with Crippen LogP contribution in [-0.2, 0) is 6.42 Å². The molecule has 0 aliphatic heterocycles. The van der Waals surface area contributed by atoms with Crippen LogP contribution in [0.2, 0.25) is 0 Å². The molecule has 2 N–H and O–H groups in total. The van der Waals surface area contributed by atoms with E-state index in [9.17, 15) is 9.90 Å². The number of rotatable bonds is 2. The van der Waals surface area contributed by atoms with Crippen LogP contribution in [0.3, 0.4) is 0 Å². The third-order valence-electron chi connectivity index (χ3n) is 4.28. The minimum absolute atomic E-state index is 0.192. The van der Waals surface area contributed by atoms with Crippen LogP contribution in [0.5, 0.6) is 0 Å². The van der Waals surface area contributed by atoms with E-state index in [4.69, 9.17) is 4.42 Å². The van der Waals surface area contributed by atoms with Crippen LogP contribution in [0.25, 0.3) is 0 Å². The molecule has 2 atom stereocenters. The van der Waals surface area contributed by atoms with E-state index in [0.717, 1.165) is 22.5 Å². The summed E-state index contributed by atoms with van der Waals surface area (Å²) in [5.74, 6) is 1.18. The zero-order valence-electron chi connectivity index (χ0n) is 12.4. The fourth-order valence-electron chi connectivity index (χ4n) is 3.09. The van der Waals surface area contributed by atoms with E-state index in [1.807, 2.05) is 38.1 Å². The van der Waals surface area contributed by atoms with E-state index in [1.165, 1.54) is 0 Å². The molecule has 1 aliphatic carbocycles. The predicted molar refractivity (Wildman–Crippen MR) is 79.3 cm³/mol. The number of carbonyl (C=O) groups is 1. The molecule has 1 aromatic heterocycles. The minimum atomic E-state index is -0.583. The topological polar surface area (TPSA) is 62.5 Å². The van der Waals surface area contributed by atoms with Gasteiger partial charge in [-0.2, -0.15) is 0 Å². The van der Waals surface area contributed by atoms with Crippen LogP contribution in [0.1, 0.15) is 44.6 Å². The summed E-state index contributed by atoms with van der Waals surface area (Å²) in [4.78, 5) is 12.5. The molecule has 4 heteroatoms. The standard InChI is InChI=1S/C17H19NO3/c1-9-10(2)21-11(3)15(9)17(20)18-16-13-7-5-4-6-12(13)8-14(16)19/h4-7,14,16,19H,8H2,1-3H3,(H,18,20). The Balaban J connectivity index is 1.89. The molecule has 1 aromatic carbocycles. The van der Waals surface area contributed by atoms with Gasteiger partial charge in [-0.05, 0) is 31.9 Å². The summed E-state index contributed by atoms with van der Waals surface area (Å²) in [5, 5.41) is 13.2. The number of amides is 1. The third-order valence-corrected chi connectivity index (χ3v) is 4.28. The number of aliphatic hydroxyl groups is 1. The first-order valence-electron chi connectivity index (χ1n) is 7.12. The highest BCUT2D eigenvalue weighted by molar-refractivity contribution is 5.97. The van der Waals surface area contributed by atoms with Gasteiger partial charge >= 0.3 is 0 Å². The number of furan rings is 1. The van der Waals surface area contributed by atoms with Gasteiger partial charge in [0.2, 0.25) is 0 Å². The fourth-order valence-corrected chi connectivity index (χ4v) is 3.09. The molecule has 4 nitrogen and oxygen atoms in total. The van der Waals surface area contributed by atoms with Crippen molar-refractivity contribution in [3.63, 3.8) is 0 Å². The van der Waals surface area contributed by atoms with E-state index in [-0.39, 0.29) is 11.9 Å². The summed E-state index contributed by atoms with van der Waals surface area (Å²) in [6.07, 6.45) is -0.0105. The summed E-state index contributed by atoms with van der Waals surface area (Å²) in [6.45, 7) is 5.51. The van der Waals surface area contributed by atoms with Crippen LogP contribution >= 0.6 is 0 Å². The molecule has 0 saturated carbocycles. The number of benzene rings is 1. The average molecular weight is 285 g/mol. The van der Waals surface area contributed by atoms with Crippen LogP contribution in [0.15, 0.2) is 28.7 Å². The number of nitrogens with one attached hydrogen (secondary N) is 1. The number of carbonyl (C=O) groups excluding carboxylic acids is 1. The van der Waals surface area contributed by atoms with Crippen LogP contribution < -0.4 is 5.32 Å². The van der Waals surface area contributed by atoms with Crippen molar-refractivity contribution < 1.29 is 14.3 Å². The Hall–Kier alpha value is -2.07. The highest BCUT2D eigenvalue weighted by atomic mass is 16.3. The third kappa shape index (κ3) is 2.25. The van der Waals surface area contributed by atoms with E-state index in [2.05, 4.69) is 5.32 Å². The molecule has 1 amide bonds. The Morgan fingerprint density at radius 1 is 1.24 bits per heavy atom. The Morgan fingerprint density at radius 2 is 1.95 bits per heavy atom. The van der Waals surface area contributed by atoms with Crippen molar-refractivity contribution in [3.05, 3.63) is 58.0 Å². The highest BCUT2D eigenvalue weighted by Crippen LogP contribution is 2.32. The van der Waals surface area contributed by atoms with Crippen LogP contribution in [0, 0.1) is 20.8 Å². The quantitative estimate of drug-likeness (QED) is 0.891. The molecule has 0 radical (unpaired) electrons. The van der Waals surface area contributed by atoms with Crippen LogP contribution in [0.4, 0.5) is 0 Å². The van der Waals surface area contributed by atoms with Gasteiger partial charge in [-0.25, -0.2) is 0 Å². The van der Waals surface area contributed by atoms with Gasteiger partial charge in [-0.3, -0.25) is 4.79 Å². The van der Waals surface area contributed by atoms with Gasteiger partial charge in [-0.1, -0.05) is 24.3 Å². The molecular formula is C17H19NO3. The zero-order valence-corrected chi connectivity index (χ0v) is 12.4.